The molecule has 0 aliphatic heterocycles. The molecule has 0 aliphatic carbocycles. The smallest absolute Gasteiger partial charge is 0.234 e. The summed E-state index contributed by atoms with van der Waals surface area (Å²) in [6.45, 7) is 7.46. The second-order valence-electron chi connectivity index (χ2n) is 5.36. The van der Waals surface area contributed by atoms with Crippen molar-refractivity contribution in [1.29, 1.82) is 0 Å². The average Bonchev–Trinajstić information content (AvgIpc) is 2.78. The summed E-state index contributed by atoms with van der Waals surface area (Å²) in [7, 11) is 0. The Kier molecular flexibility index (Phi) is 4.80. The number of nitrogen functional groups attached to an aromatic ring is 1. The van der Waals surface area contributed by atoms with E-state index in [1.165, 1.54) is 0 Å². The lowest BCUT2D eigenvalue weighted by Gasteiger charge is -2.18. The number of nitrogens with zero attached hydrogens (tertiary/aromatic N) is 2. The molecule has 0 fully saturated rings. The van der Waals surface area contributed by atoms with Gasteiger partial charge in [-0.05, 0) is 38.6 Å². The Balaban J connectivity index is 2.04. The lowest BCUT2D eigenvalue weighted by atomic mass is 10.3. The first-order valence-electron chi connectivity index (χ1n) is 7.14. The quantitative estimate of drug-likeness (QED) is 0.792. The topological polar surface area (TPSA) is 84.4 Å². The molecule has 1 aromatic heterocycles. The van der Waals surface area contributed by atoms with Gasteiger partial charge in [0, 0.05) is 11.7 Å². The number of hydrogen-bond acceptors (Lipinski definition) is 5. The van der Waals surface area contributed by atoms with Gasteiger partial charge in [-0.1, -0.05) is 6.92 Å². The van der Waals surface area contributed by atoms with E-state index >= 15 is 0 Å². The molecule has 6 nitrogen and oxygen atoms in total. The maximum absolute atomic E-state index is 11.8. The Morgan fingerprint density at radius 1 is 1.48 bits per heavy atom. The fourth-order valence-electron chi connectivity index (χ4n) is 2.10. The van der Waals surface area contributed by atoms with Crippen molar-refractivity contribution in [2.45, 2.75) is 33.4 Å². The normalized spacial score (nSPS) is 11.5. The third-order valence-electron chi connectivity index (χ3n) is 3.08. The highest BCUT2D eigenvalue weighted by Gasteiger charge is 2.14. The van der Waals surface area contributed by atoms with Gasteiger partial charge in [0.1, 0.15) is 5.52 Å². The lowest BCUT2D eigenvalue weighted by Crippen LogP contribution is -2.39. The van der Waals surface area contributed by atoms with Crippen molar-refractivity contribution in [1.82, 2.24) is 15.2 Å². The van der Waals surface area contributed by atoms with Gasteiger partial charge in [-0.25, -0.2) is 4.98 Å². The number of likely N-dealkylation sites (N-methyl/N-ethyl adjacent to an activating group) is 1. The highest BCUT2D eigenvalue weighted by Crippen LogP contribution is 2.19. The number of oxazole rings is 1. The third kappa shape index (κ3) is 4.19. The van der Waals surface area contributed by atoms with Crippen LogP contribution in [0.4, 0.5) is 5.69 Å². The number of aromatic nitrogens is 1. The van der Waals surface area contributed by atoms with Gasteiger partial charge in [-0.2, -0.15) is 0 Å². The molecule has 1 heterocycles. The van der Waals surface area contributed by atoms with E-state index in [1.807, 2.05) is 31.7 Å². The van der Waals surface area contributed by atoms with Crippen LogP contribution < -0.4 is 11.1 Å². The molecule has 3 N–H and O–H groups in total. The molecule has 0 aliphatic rings. The van der Waals surface area contributed by atoms with Gasteiger partial charge in [0.05, 0.1) is 13.1 Å². The van der Waals surface area contributed by atoms with Crippen LogP contribution in [0.25, 0.3) is 11.1 Å². The Bertz CT molecular complexity index is 621. The van der Waals surface area contributed by atoms with Crippen molar-refractivity contribution in [2.75, 3.05) is 18.8 Å². The van der Waals surface area contributed by atoms with Crippen LogP contribution in [0, 0.1) is 0 Å². The molecule has 0 spiro atoms. The molecular weight excluding hydrogens is 268 g/mol. The second kappa shape index (κ2) is 6.58. The second-order valence-corrected chi connectivity index (χ2v) is 5.36. The summed E-state index contributed by atoms with van der Waals surface area (Å²) in [5, 5.41) is 2.88. The van der Waals surface area contributed by atoms with Gasteiger partial charge in [0.25, 0.3) is 0 Å². The Morgan fingerprint density at radius 2 is 2.24 bits per heavy atom. The van der Waals surface area contributed by atoms with Crippen LogP contribution in [0.15, 0.2) is 22.6 Å². The first-order chi connectivity index (χ1) is 9.97. The number of amides is 1. The average molecular weight is 290 g/mol. The number of carbonyl (C=O) groups excluding carboxylic acids is 1. The molecule has 2 rings (SSSR count). The molecule has 0 saturated carbocycles. The molecular formula is C15H22N4O2. The minimum Gasteiger partial charge on any atom is -0.439 e. The van der Waals surface area contributed by atoms with Gasteiger partial charge in [0.2, 0.25) is 11.8 Å². The maximum Gasteiger partial charge on any atom is 0.234 e. The predicted octanol–water partition coefficient (Wildman–Crippen LogP) is 1.76. The number of benzene rings is 1. The van der Waals surface area contributed by atoms with E-state index in [2.05, 4.69) is 10.3 Å². The zero-order valence-electron chi connectivity index (χ0n) is 12.7. The molecule has 0 saturated heterocycles. The van der Waals surface area contributed by atoms with Crippen LogP contribution in [0.1, 0.15) is 26.7 Å². The number of hydrogen-bond donors (Lipinski definition) is 2. The monoisotopic (exact) mass is 290 g/mol. The maximum atomic E-state index is 11.8. The van der Waals surface area contributed by atoms with E-state index in [0.29, 0.717) is 30.3 Å². The fraction of sp³-hybridized carbons (Fsp3) is 0.467. The zero-order chi connectivity index (χ0) is 15.4. The Labute approximate surface area is 124 Å². The molecule has 21 heavy (non-hydrogen) atoms. The number of fused-ring (bicyclic) bond motifs is 1. The van der Waals surface area contributed by atoms with Gasteiger partial charge >= 0.3 is 0 Å². The zero-order valence-corrected chi connectivity index (χ0v) is 12.7. The van der Waals surface area contributed by atoms with Gasteiger partial charge in [0.15, 0.2) is 5.58 Å². The van der Waals surface area contributed by atoms with E-state index in [-0.39, 0.29) is 11.9 Å². The predicted molar refractivity (Wildman–Crippen MR) is 82.7 cm³/mol. The first-order valence-corrected chi connectivity index (χ1v) is 7.14. The van der Waals surface area contributed by atoms with E-state index in [4.69, 9.17) is 10.2 Å². The molecule has 1 amide bonds. The van der Waals surface area contributed by atoms with Crippen LogP contribution in [-0.4, -0.2) is 34.9 Å². The van der Waals surface area contributed by atoms with Crippen LogP contribution in [-0.2, 0) is 11.3 Å². The van der Waals surface area contributed by atoms with E-state index in [9.17, 15) is 4.79 Å². The van der Waals surface area contributed by atoms with Crippen molar-refractivity contribution in [3.63, 3.8) is 0 Å². The SMILES string of the molecule is CCN(CC(=O)NC(C)C)Cc1nc2cc(N)ccc2o1. The Morgan fingerprint density at radius 3 is 2.90 bits per heavy atom. The van der Waals surface area contributed by atoms with E-state index < -0.39 is 0 Å². The number of nitrogens with two attached hydrogens (primary N) is 1. The van der Waals surface area contributed by atoms with Crippen LogP contribution in [0.5, 0.6) is 0 Å². The largest absolute Gasteiger partial charge is 0.439 e. The summed E-state index contributed by atoms with van der Waals surface area (Å²) < 4.78 is 5.68. The molecule has 2 aromatic rings. The number of rotatable bonds is 6. The van der Waals surface area contributed by atoms with Gasteiger partial charge in [-0.15, -0.1) is 0 Å². The highest BCUT2D eigenvalue weighted by atomic mass is 16.3. The summed E-state index contributed by atoms with van der Waals surface area (Å²) in [6, 6.07) is 5.52. The molecule has 0 unspecified atom stereocenters. The molecule has 0 bridgehead atoms. The Hall–Kier alpha value is -2.08. The van der Waals surface area contributed by atoms with Crippen molar-refractivity contribution < 1.29 is 9.21 Å². The van der Waals surface area contributed by atoms with E-state index in [0.717, 1.165) is 12.1 Å². The van der Waals surface area contributed by atoms with Crippen LogP contribution >= 0.6 is 0 Å². The summed E-state index contributed by atoms with van der Waals surface area (Å²) >= 11 is 0. The number of nitrogens with one attached hydrogen (secondary N) is 1. The molecule has 114 valence electrons. The van der Waals surface area contributed by atoms with E-state index in [1.54, 1.807) is 12.1 Å². The standard InChI is InChI=1S/C15H22N4O2/c1-4-19(8-14(20)17-10(2)3)9-15-18-12-7-11(16)5-6-13(12)21-15/h5-7,10H,4,8-9,16H2,1-3H3,(H,17,20). The summed E-state index contributed by atoms with van der Waals surface area (Å²) in [5.74, 6) is 0.599. The molecule has 1 aromatic carbocycles. The van der Waals surface area contributed by atoms with Gasteiger partial charge in [-0.3, -0.25) is 9.69 Å². The van der Waals surface area contributed by atoms with Crippen LogP contribution in [0.3, 0.4) is 0 Å². The molecule has 6 heteroatoms. The number of carbonyl (C=O) groups is 1. The molecule has 0 radical (unpaired) electrons. The number of anilines is 1. The van der Waals surface area contributed by atoms with Crippen molar-refractivity contribution in [3.8, 4) is 0 Å². The van der Waals surface area contributed by atoms with Crippen LogP contribution in [0.2, 0.25) is 0 Å². The summed E-state index contributed by atoms with van der Waals surface area (Å²) in [5.41, 5.74) is 7.84. The lowest BCUT2D eigenvalue weighted by molar-refractivity contribution is -0.122. The third-order valence-corrected chi connectivity index (χ3v) is 3.08. The van der Waals surface area contributed by atoms with Crippen molar-refractivity contribution >= 4 is 22.7 Å². The molecule has 0 atom stereocenters. The summed E-state index contributed by atoms with van der Waals surface area (Å²) in [4.78, 5) is 18.2. The van der Waals surface area contributed by atoms with Crippen molar-refractivity contribution in [2.24, 2.45) is 0 Å². The highest BCUT2D eigenvalue weighted by molar-refractivity contribution is 5.78. The van der Waals surface area contributed by atoms with Crippen molar-refractivity contribution in [3.05, 3.63) is 24.1 Å². The van der Waals surface area contributed by atoms with Gasteiger partial charge < -0.3 is 15.5 Å². The fourth-order valence-corrected chi connectivity index (χ4v) is 2.10. The minimum atomic E-state index is 0.00667. The first kappa shape index (κ1) is 15.3. The minimum absolute atomic E-state index is 0.00667. The summed E-state index contributed by atoms with van der Waals surface area (Å²) in [6.07, 6.45) is 0.